The van der Waals surface area contributed by atoms with Crippen LogP contribution in [-0.2, 0) is 6.42 Å². The smallest absolute Gasteiger partial charge is 0.291 e. The first-order valence-corrected chi connectivity index (χ1v) is 11.0. The number of carbonyl (C=O) groups is 2. The molecule has 0 radical (unpaired) electrons. The van der Waals surface area contributed by atoms with Gasteiger partial charge in [-0.15, -0.1) is 0 Å². The van der Waals surface area contributed by atoms with Crippen molar-refractivity contribution in [2.45, 2.75) is 33.1 Å². The van der Waals surface area contributed by atoms with E-state index in [1.165, 1.54) is 24.3 Å². The summed E-state index contributed by atoms with van der Waals surface area (Å²) >= 11 is 3.47. The van der Waals surface area contributed by atoms with Gasteiger partial charge in [0, 0.05) is 27.6 Å². The number of aryl methyl sites for hydroxylation is 2. The number of fused-ring (bicyclic) bond motifs is 1. The molecule has 0 spiro atoms. The second kappa shape index (κ2) is 9.08. The van der Waals surface area contributed by atoms with Crippen molar-refractivity contribution in [3.8, 4) is 0 Å². The average Bonchev–Trinajstić information content (AvgIpc) is 3.12. The summed E-state index contributed by atoms with van der Waals surface area (Å²) in [5.41, 5.74) is 6.63. The maximum Gasteiger partial charge on any atom is 0.291 e. The summed E-state index contributed by atoms with van der Waals surface area (Å²) in [7, 11) is 0. The molecule has 0 saturated carbocycles. The highest BCUT2D eigenvalue weighted by atomic mass is 79.9. The van der Waals surface area contributed by atoms with Crippen molar-refractivity contribution < 1.29 is 18.4 Å². The molecule has 6 nitrogen and oxygen atoms in total. The molecule has 32 heavy (non-hydrogen) atoms. The standard InChI is InChI=1S/C24H21BrFN3O3/c1-13-6-11-18(17(25)12-13)27-24(31)22-14(2)21-19(4-3-5-20(21)32-22)28-29-23(30)15-7-9-16(26)10-8-15/h6-12H,3-5H2,1-2H3,(H,27,31)(H,29,30)/b28-19+. The molecule has 1 aliphatic carbocycles. The van der Waals surface area contributed by atoms with E-state index < -0.39 is 11.7 Å². The third-order valence-electron chi connectivity index (χ3n) is 5.30. The molecule has 8 heteroatoms. The van der Waals surface area contributed by atoms with Gasteiger partial charge in [-0.1, -0.05) is 6.07 Å². The largest absolute Gasteiger partial charge is 0.455 e. The van der Waals surface area contributed by atoms with Crippen LogP contribution in [0.25, 0.3) is 0 Å². The lowest BCUT2D eigenvalue weighted by atomic mass is 9.93. The van der Waals surface area contributed by atoms with E-state index in [0.29, 0.717) is 41.1 Å². The number of rotatable bonds is 4. The maximum atomic E-state index is 13.1. The molecule has 4 rings (SSSR count). The molecule has 2 amide bonds. The number of benzene rings is 2. The first kappa shape index (κ1) is 22.0. The van der Waals surface area contributed by atoms with Gasteiger partial charge in [0.05, 0.1) is 11.4 Å². The molecular formula is C24H21BrFN3O3. The molecule has 164 valence electrons. The van der Waals surface area contributed by atoms with Gasteiger partial charge in [-0.3, -0.25) is 9.59 Å². The monoisotopic (exact) mass is 497 g/mol. The third-order valence-corrected chi connectivity index (χ3v) is 5.96. The topological polar surface area (TPSA) is 83.7 Å². The zero-order valence-electron chi connectivity index (χ0n) is 17.6. The Kier molecular flexibility index (Phi) is 6.23. The Hall–Kier alpha value is -3.26. The van der Waals surface area contributed by atoms with E-state index in [2.05, 4.69) is 31.8 Å². The first-order chi connectivity index (χ1) is 15.3. The predicted molar refractivity (Wildman–Crippen MR) is 124 cm³/mol. The lowest BCUT2D eigenvalue weighted by Gasteiger charge is -2.13. The van der Waals surface area contributed by atoms with Crippen molar-refractivity contribution >= 4 is 39.1 Å². The average molecular weight is 498 g/mol. The Morgan fingerprint density at radius 2 is 1.81 bits per heavy atom. The Labute approximate surface area is 193 Å². The van der Waals surface area contributed by atoms with Crippen LogP contribution in [-0.4, -0.2) is 17.5 Å². The number of carbonyl (C=O) groups excluding carboxylic acids is 2. The van der Waals surface area contributed by atoms with Crippen LogP contribution < -0.4 is 10.7 Å². The molecule has 2 aromatic carbocycles. The van der Waals surface area contributed by atoms with E-state index in [-0.39, 0.29) is 11.7 Å². The van der Waals surface area contributed by atoms with Crippen LogP contribution in [0.1, 0.15) is 56.2 Å². The number of hydrogen-bond acceptors (Lipinski definition) is 4. The number of nitrogens with zero attached hydrogens (tertiary/aromatic N) is 1. The highest BCUT2D eigenvalue weighted by Crippen LogP contribution is 2.31. The van der Waals surface area contributed by atoms with Crippen LogP contribution >= 0.6 is 15.9 Å². The van der Waals surface area contributed by atoms with E-state index in [1.807, 2.05) is 32.0 Å². The van der Waals surface area contributed by atoms with Crippen LogP contribution in [0.4, 0.5) is 10.1 Å². The zero-order chi connectivity index (χ0) is 22.8. The maximum absolute atomic E-state index is 13.1. The van der Waals surface area contributed by atoms with Crippen molar-refractivity contribution in [1.29, 1.82) is 0 Å². The SMILES string of the molecule is Cc1ccc(NC(=O)c2oc3c(c2C)/C(=N/NC(=O)c2ccc(F)cc2)CCC3)c(Br)c1. The molecule has 0 aliphatic heterocycles. The van der Waals surface area contributed by atoms with Gasteiger partial charge in [0.2, 0.25) is 0 Å². The van der Waals surface area contributed by atoms with Gasteiger partial charge in [0.1, 0.15) is 11.6 Å². The molecule has 0 saturated heterocycles. The van der Waals surface area contributed by atoms with E-state index in [0.717, 1.165) is 22.0 Å². The second-order valence-corrected chi connectivity index (χ2v) is 8.51. The Morgan fingerprint density at radius 3 is 2.53 bits per heavy atom. The Morgan fingerprint density at radius 1 is 1.06 bits per heavy atom. The van der Waals surface area contributed by atoms with Gasteiger partial charge in [-0.05, 0) is 84.6 Å². The minimum absolute atomic E-state index is 0.224. The fourth-order valence-electron chi connectivity index (χ4n) is 3.68. The van der Waals surface area contributed by atoms with E-state index in [9.17, 15) is 14.0 Å². The molecular weight excluding hydrogens is 477 g/mol. The predicted octanol–water partition coefficient (Wildman–Crippen LogP) is 5.52. The van der Waals surface area contributed by atoms with Crippen LogP contribution in [0.5, 0.6) is 0 Å². The summed E-state index contributed by atoms with van der Waals surface area (Å²) in [6.45, 7) is 3.78. The van der Waals surface area contributed by atoms with Gasteiger partial charge < -0.3 is 9.73 Å². The third kappa shape index (κ3) is 4.50. The van der Waals surface area contributed by atoms with Crippen LogP contribution in [0, 0.1) is 19.7 Å². The molecule has 0 fully saturated rings. The van der Waals surface area contributed by atoms with Crippen molar-refractivity contribution in [3.63, 3.8) is 0 Å². The number of halogens is 2. The van der Waals surface area contributed by atoms with E-state index in [4.69, 9.17) is 4.42 Å². The van der Waals surface area contributed by atoms with Crippen molar-refractivity contribution in [2.24, 2.45) is 5.10 Å². The van der Waals surface area contributed by atoms with Gasteiger partial charge in [0.15, 0.2) is 5.76 Å². The normalized spacial score (nSPS) is 14.2. The minimum atomic E-state index is -0.437. The highest BCUT2D eigenvalue weighted by Gasteiger charge is 2.28. The van der Waals surface area contributed by atoms with E-state index >= 15 is 0 Å². The van der Waals surface area contributed by atoms with Crippen LogP contribution in [0.2, 0.25) is 0 Å². The quantitative estimate of drug-likeness (QED) is 0.465. The number of hydrazone groups is 1. The van der Waals surface area contributed by atoms with Gasteiger partial charge >= 0.3 is 0 Å². The number of furan rings is 1. The number of nitrogens with one attached hydrogen (secondary N) is 2. The summed E-state index contributed by atoms with van der Waals surface area (Å²) in [6.07, 6.45) is 2.11. The first-order valence-electron chi connectivity index (χ1n) is 10.2. The summed E-state index contributed by atoms with van der Waals surface area (Å²) in [5.74, 6) is -0.301. The highest BCUT2D eigenvalue weighted by molar-refractivity contribution is 9.10. The number of hydrogen-bond donors (Lipinski definition) is 2. The van der Waals surface area contributed by atoms with Gasteiger partial charge in [-0.2, -0.15) is 5.10 Å². The van der Waals surface area contributed by atoms with Crippen molar-refractivity contribution in [1.82, 2.24) is 5.43 Å². The van der Waals surface area contributed by atoms with E-state index in [1.54, 1.807) is 0 Å². The van der Waals surface area contributed by atoms with Crippen molar-refractivity contribution in [2.75, 3.05) is 5.32 Å². The molecule has 0 unspecified atom stereocenters. The van der Waals surface area contributed by atoms with Crippen LogP contribution in [0.15, 0.2) is 56.5 Å². The lowest BCUT2D eigenvalue weighted by Crippen LogP contribution is -2.22. The van der Waals surface area contributed by atoms with Crippen LogP contribution in [0.3, 0.4) is 0 Å². The molecule has 3 aromatic rings. The fraction of sp³-hybridized carbons (Fsp3) is 0.208. The Bertz CT molecular complexity index is 1230. The summed E-state index contributed by atoms with van der Waals surface area (Å²) in [5, 5.41) is 7.16. The molecule has 0 bridgehead atoms. The fourth-order valence-corrected chi connectivity index (χ4v) is 4.27. The van der Waals surface area contributed by atoms with Crippen molar-refractivity contribution in [3.05, 3.63) is 86.5 Å². The zero-order valence-corrected chi connectivity index (χ0v) is 19.2. The number of amides is 2. The molecule has 0 atom stereocenters. The molecule has 1 aromatic heterocycles. The number of anilines is 1. The minimum Gasteiger partial charge on any atom is -0.455 e. The Balaban J connectivity index is 1.57. The second-order valence-electron chi connectivity index (χ2n) is 7.65. The summed E-state index contributed by atoms with van der Waals surface area (Å²) in [4.78, 5) is 25.2. The lowest BCUT2D eigenvalue weighted by molar-refractivity contribution is 0.0953. The summed E-state index contributed by atoms with van der Waals surface area (Å²) in [6, 6.07) is 10.9. The van der Waals surface area contributed by atoms with Gasteiger partial charge in [-0.25, -0.2) is 9.82 Å². The summed E-state index contributed by atoms with van der Waals surface area (Å²) < 4.78 is 19.8. The molecule has 2 N–H and O–H groups in total. The molecule has 1 aliphatic rings. The molecule has 1 heterocycles. The van der Waals surface area contributed by atoms with Gasteiger partial charge in [0.25, 0.3) is 11.8 Å².